The average molecular weight is 299 g/mol. The van der Waals surface area contributed by atoms with Crippen molar-refractivity contribution in [1.82, 2.24) is 10.2 Å². The summed E-state index contributed by atoms with van der Waals surface area (Å²) >= 11 is 2.09. The van der Waals surface area contributed by atoms with Crippen LogP contribution in [0.3, 0.4) is 0 Å². The van der Waals surface area contributed by atoms with E-state index in [9.17, 15) is 0 Å². The molecule has 2 fully saturated rings. The largest absolute Gasteiger partial charge is 0.311 e. The number of hydrogen-bond acceptors (Lipinski definition) is 3. The first kappa shape index (κ1) is 16.6. The van der Waals surface area contributed by atoms with E-state index in [1.807, 2.05) is 0 Å². The third-order valence-corrected chi connectivity index (χ3v) is 6.50. The van der Waals surface area contributed by atoms with Crippen LogP contribution < -0.4 is 5.32 Å². The van der Waals surface area contributed by atoms with Crippen LogP contribution in [0.2, 0.25) is 0 Å². The van der Waals surface area contributed by atoms with Crippen LogP contribution in [0.1, 0.15) is 59.3 Å². The van der Waals surface area contributed by atoms with Gasteiger partial charge in [0.2, 0.25) is 0 Å². The lowest BCUT2D eigenvalue weighted by atomic mass is 9.81. The highest BCUT2D eigenvalue weighted by Crippen LogP contribution is 2.31. The Hall–Kier alpha value is 0.270. The van der Waals surface area contributed by atoms with Gasteiger partial charge in [-0.2, -0.15) is 11.8 Å². The average Bonchev–Trinajstić information content (AvgIpc) is 2.50. The summed E-state index contributed by atoms with van der Waals surface area (Å²) in [6.45, 7) is 10.8. The van der Waals surface area contributed by atoms with Crippen LogP contribution in [-0.2, 0) is 0 Å². The highest BCUT2D eigenvalue weighted by molar-refractivity contribution is 7.99. The fraction of sp³-hybridized carbons (Fsp3) is 1.00. The molecule has 0 spiro atoms. The van der Waals surface area contributed by atoms with Crippen LogP contribution in [0, 0.1) is 5.92 Å². The second kappa shape index (κ2) is 8.05. The Bertz CT molecular complexity index is 278. The minimum absolute atomic E-state index is 0.374. The number of thioether (sulfide) groups is 1. The van der Waals surface area contributed by atoms with Gasteiger partial charge in [-0.3, -0.25) is 4.90 Å². The monoisotopic (exact) mass is 298 g/mol. The molecule has 2 unspecified atom stereocenters. The number of piperazine rings is 1. The normalized spacial score (nSPS) is 33.5. The Balaban J connectivity index is 1.92. The van der Waals surface area contributed by atoms with Crippen LogP contribution in [-0.4, -0.2) is 47.6 Å². The molecule has 1 aliphatic carbocycles. The summed E-state index contributed by atoms with van der Waals surface area (Å²) in [6.07, 6.45) is 8.55. The van der Waals surface area contributed by atoms with Gasteiger partial charge in [-0.1, -0.05) is 33.1 Å². The van der Waals surface area contributed by atoms with Crippen LogP contribution in [0.15, 0.2) is 0 Å². The maximum atomic E-state index is 3.90. The summed E-state index contributed by atoms with van der Waals surface area (Å²) in [5.41, 5.74) is 0.374. The molecule has 0 bridgehead atoms. The molecule has 20 heavy (non-hydrogen) atoms. The molecule has 1 saturated carbocycles. The van der Waals surface area contributed by atoms with Crippen molar-refractivity contribution in [3.63, 3.8) is 0 Å². The number of rotatable bonds is 6. The van der Waals surface area contributed by atoms with Gasteiger partial charge in [0.15, 0.2) is 0 Å². The van der Waals surface area contributed by atoms with Gasteiger partial charge in [0.25, 0.3) is 0 Å². The highest BCUT2D eigenvalue weighted by Gasteiger charge is 2.38. The Morgan fingerprint density at radius 1 is 1.20 bits per heavy atom. The van der Waals surface area contributed by atoms with Crippen molar-refractivity contribution in [3.8, 4) is 0 Å². The molecule has 1 saturated heterocycles. The molecule has 2 atom stereocenters. The molecular weight excluding hydrogens is 264 g/mol. The van der Waals surface area contributed by atoms with Crippen LogP contribution in [0.25, 0.3) is 0 Å². The molecule has 1 aliphatic heterocycles. The maximum absolute atomic E-state index is 3.90. The second-order valence-electron chi connectivity index (χ2n) is 6.88. The van der Waals surface area contributed by atoms with Crippen molar-refractivity contribution in [3.05, 3.63) is 0 Å². The number of hydrogen-bond donors (Lipinski definition) is 1. The quantitative estimate of drug-likeness (QED) is 0.752. The SMILES string of the molecule is CCSCCN1CC(C2CCCCC2)NCC1(C)CC. The third kappa shape index (κ3) is 4.14. The summed E-state index contributed by atoms with van der Waals surface area (Å²) < 4.78 is 0. The molecule has 0 aromatic carbocycles. The summed E-state index contributed by atoms with van der Waals surface area (Å²) in [5, 5.41) is 3.90. The zero-order chi connectivity index (χ0) is 14.4. The van der Waals surface area contributed by atoms with Crippen molar-refractivity contribution in [2.24, 2.45) is 5.92 Å². The van der Waals surface area contributed by atoms with Crippen molar-refractivity contribution in [2.75, 3.05) is 31.1 Å². The Labute approximate surface area is 130 Å². The van der Waals surface area contributed by atoms with E-state index in [1.165, 1.54) is 69.7 Å². The van der Waals surface area contributed by atoms with Gasteiger partial charge in [-0.05, 0) is 37.9 Å². The van der Waals surface area contributed by atoms with E-state index in [1.54, 1.807) is 0 Å². The van der Waals surface area contributed by atoms with Gasteiger partial charge in [-0.15, -0.1) is 0 Å². The van der Waals surface area contributed by atoms with Gasteiger partial charge >= 0.3 is 0 Å². The predicted octanol–water partition coefficient (Wildman–Crippen LogP) is 3.76. The van der Waals surface area contributed by atoms with Crippen LogP contribution >= 0.6 is 11.8 Å². The fourth-order valence-corrected chi connectivity index (χ4v) is 4.50. The Morgan fingerprint density at radius 3 is 2.60 bits per heavy atom. The second-order valence-corrected chi connectivity index (χ2v) is 8.27. The standard InChI is InChI=1S/C17H34N2S/c1-4-17(3)14-18-16(15-9-7-6-8-10-15)13-19(17)11-12-20-5-2/h15-16,18H,4-14H2,1-3H3. The molecule has 3 heteroatoms. The molecule has 1 N–H and O–H groups in total. The molecule has 1 heterocycles. The lowest BCUT2D eigenvalue weighted by Gasteiger charge is -2.50. The van der Waals surface area contributed by atoms with Gasteiger partial charge in [0.1, 0.15) is 0 Å². The molecule has 0 aromatic rings. The van der Waals surface area contributed by atoms with Crippen LogP contribution in [0.4, 0.5) is 0 Å². The first-order chi connectivity index (χ1) is 9.69. The van der Waals surface area contributed by atoms with Crippen molar-refractivity contribution in [1.29, 1.82) is 0 Å². The van der Waals surface area contributed by atoms with E-state index >= 15 is 0 Å². The van der Waals surface area contributed by atoms with Gasteiger partial charge < -0.3 is 5.32 Å². The number of nitrogens with zero attached hydrogens (tertiary/aromatic N) is 1. The Morgan fingerprint density at radius 2 is 1.95 bits per heavy atom. The third-order valence-electron chi connectivity index (χ3n) is 5.62. The highest BCUT2D eigenvalue weighted by atomic mass is 32.2. The van der Waals surface area contributed by atoms with E-state index in [2.05, 4.69) is 42.7 Å². The van der Waals surface area contributed by atoms with Crippen LogP contribution in [0.5, 0.6) is 0 Å². The van der Waals surface area contributed by atoms with E-state index in [4.69, 9.17) is 0 Å². The predicted molar refractivity (Wildman–Crippen MR) is 91.6 cm³/mol. The van der Waals surface area contributed by atoms with Crippen molar-refractivity contribution < 1.29 is 0 Å². The summed E-state index contributed by atoms with van der Waals surface area (Å²) in [5.74, 6) is 3.48. The first-order valence-corrected chi connectivity index (χ1v) is 9.91. The lowest BCUT2D eigenvalue weighted by Crippen LogP contribution is -2.65. The molecular formula is C17H34N2S. The topological polar surface area (TPSA) is 15.3 Å². The smallest absolute Gasteiger partial charge is 0.0304 e. The van der Waals surface area contributed by atoms with Crippen molar-refractivity contribution in [2.45, 2.75) is 70.9 Å². The molecule has 2 aliphatic rings. The number of nitrogens with one attached hydrogen (secondary N) is 1. The minimum atomic E-state index is 0.374. The Kier molecular flexibility index (Phi) is 6.70. The van der Waals surface area contributed by atoms with Gasteiger partial charge in [0.05, 0.1) is 0 Å². The lowest BCUT2D eigenvalue weighted by molar-refractivity contribution is 0.0350. The van der Waals surface area contributed by atoms with Gasteiger partial charge in [0, 0.05) is 37.0 Å². The molecule has 0 aromatic heterocycles. The zero-order valence-electron chi connectivity index (χ0n) is 13.8. The van der Waals surface area contributed by atoms with E-state index in [0.29, 0.717) is 5.54 Å². The molecule has 2 nitrogen and oxygen atoms in total. The van der Waals surface area contributed by atoms with E-state index in [0.717, 1.165) is 12.0 Å². The van der Waals surface area contributed by atoms with Crippen molar-refractivity contribution >= 4 is 11.8 Å². The first-order valence-electron chi connectivity index (χ1n) is 8.76. The zero-order valence-corrected chi connectivity index (χ0v) is 14.6. The summed E-state index contributed by atoms with van der Waals surface area (Å²) in [4.78, 5) is 2.80. The molecule has 0 radical (unpaired) electrons. The summed E-state index contributed by atoms with van der Waals surface area (Å²) in [6, 6.07) is 0.751. The van der Waals surface area contributed by atoms with E-state index in [-0.39, 0.29) is 0 Å². The molecule has 118 valence electrons. The summed E-state index contributed by atoms with van der Waals surface area (Å²) in [7, 11) is 0. The van der Waals surface area contributed by atoms with E-state index < -0.39 is 0 Å². The molecule has 0 amide bonds. The minimum Gasteiger partial charge on any atom is -0.311 e. The fourth-order valence-electron chi connectivity index (χ4n) is 3.87. The molecule has 2 rings (SSSR count). The maximum Gasteiger partial charge on any atom is 0.0304 e. The van der Waals surface area contributed by atoms with Gasteiger partial charge in [-0.25, -0.2) is 0 Å².